The monoisotopic (exact) mass is 250 g/mol. The van der Waals surface area contributed by atoms with Gasteiger partial charge >= 0.3 is 0 Å². The summed E-state index contributed by atoms with van der Waals surface area (Å²) in [6, 6.07) is 1.90. The van der Waals surface area contributed by atoms with Crippen molar-refractivity contribution in [2.75, 3.05) is 20.3 Å². The van der Waals surface area contributed by atoms with Crippen molar-refractivity contribution in [2.45, 2.75) is 6.54 Å². The van der Waals surface area contributed by atoms with Crippen molar-refractivity contribution < 1.29 is 4.74 Å². The van der Waals surface area contributed by atoms with Crippen molar-refractivity contribution in [3.8, 4) is 11.5 Å². The van der Waals surface area contributed by atoms with E-state index in [0.29, 0.717) is 19.0 Å². The third-order valence-electron chi connectivity index (χ3n) is 2.16. The van der Waals surface area contributed by atoms with Gasteiger partial charge in [-0.3, -0.25) is 0 Å². The van der Waals surface area contributed by atoms with Crippen LogP contribution in [0.25, 0.3) is 11.5 Å². The highest BCUT2D eigenvalue weighted by atomic mass is 32.1. The molecule has 0 aliphatic rings. The highest BCUT2D eigenvalue weighted by Gasteiger charge is 2.03. The van der Waals surface area contributed by atoms with E-state index in [4.69, 9.17) is 4.74 Å². The van der Waals surface area contributed by atoms with Gasteiger partial charge in [0.1, 0.15) is 5.69 Å². The third kappa shape index (κ3) is 3.55. The molecule has 6 heteroatoms. The van der Waals surface area contributed by atoms with Gasteiger partial charge in [0, 0.05) is 31.8 Å². The molecule has 90 valence electrons. The van der Waals surface area contributed by atoms with Crippen molar-refractivity contribution >= 4 is 11.3 Å². The summed E-state index contributed by atoms with van der Waals surface area (Å²) < 4.78 is 4.96. The molecule has 0 spiro atoms. The summed E-state index contributed by atoms with van der Waals surface area (Å²) in [5.74, 6) is 0.678. The molecular weight excluding hydrogens is 236 g/mol. The van der Waals surface area contributed by atoms with Crippen LogP contribution in [0, 0.1) is 0 Å². The molecule has 17 heavy (non-hydrogen) atoms. The van der Waals surface area contributed by atoms with Gasteiger partial charge in [-0.05, 0) is 6.07 Å². The lowest BCUT2D eigenvalue weighted by Gasteiger charge is -2.04. The zero-order valence-electron chi connectivity index (χ0n) is 9.59. The van der Waals surface area contributed by atoms with E-state index in [0.717, 1.165) is 17.9 Å². The van der Waals surface area contributed by atoms with Crippen LogP contribution in [0.3, 0.4) is 0 Å². The predicted molar refractivity (Wildman–Crippen MR) is 66.7 cm³/mol. The summed E-state index contributed by atoms with van der Waals surface area (Å²) in [5.41, 5.74) is 3.57. The van der Waals surface area contributed by atoms with Crippen molar-refractivity contribution in [3.63, 3.8) is 0 Å². The Morgan fingerprint density at radius 2 is 2.35 bits per heavy atom. The SMILES string of the molecule is COCCNCc1ccnc(-c2cscn2)n1. The van der Waals surface area contributed by atoms with E-state index in [1.54, 1.807) is 30.2 Å². The van der Waals surface area contributed by atoms with Gasteiger partial charge in [0.25, 0.3) is 0 Å². The van der Waals surface area contributed by atoms with Crippen molar-refractivity contribution in [3.05, 3.63) is 28.8 Å². The number of methoxy groups -OCH3 is 1. The van der Waals surface area contributed by atoms with Crippen LogP contribution in [0.5, 0.6) is 0 Å². The van der Waals surface area contributed by atoms with E-state index in [-0.39, 0.29) is 0 Å². The van der Waals surface area contributed by atoms with Crippen LogP contribution in [-0.4, -0.2) is 35.2 Å². The predicted octanol–water partition coefficient (Wildman–Crippen LogP) is 1.34. The fourth-order valence-electron chi connectivity index (χ4n) is 1.33. The van der Waals surface area contributed by atoms with Crippen LogP contribution < -0.4 is 5.32 Å². The van der Waals surface area contributed by atoms with Crippen molar-refractivity contribution in [1.82, 2.24) is 20.3 Å². The minimum absolute atomic E-state index is 0.678. The third-order valence-corrected chi connectivity index (χ3v) is 2.75. The molecule has 0 aliphatic carbocycles. The van der Waals surface area contributed by atoms with Crippen LogP contribution in [0.2, 0.25) is 0 Å². The van der Waals surface area contributed by atoms with Gasteiger partial charge < -0.3 is 10.1 Å². The van der Waals surface area contributed by atoms with Gasteiger partial charge in [0.2, 0.25) is 0 Å². The van der Waals surface area contributed by atoms with Crippen LogP contribution in [0.4, 0.5) is 0 Å². The molecule has 2 heterocycles. The highest BCUT2D eigenvalue weighted by Crippen LogP contribution is 2.13. The number of ether oxygens (including phenoxy) is 1. The summed E-state index contributed by atoms with van der Waals surface area (Å²) in [4.78, 5) is 12.8. The van der Waals surface area contributed by atoms with Gasteiger partial charge in [-0.15, -0.1) is 11.3 Å². The summed E-state index contributed by atoms with van der Waals surface area (Å²) >= 11 is 1.54. The first kappa shape index (κ1) is 12.1. The Bertz CT molecular complexity index is 446. The quantitative estimate of drug-likeness (QED) is 0.784. The topological polar surface area (TPSA) is 59.9 Å². The van der Waals surface area contributed by atoms with E-state index < -0.39 is 0 Å². The molecule has 0 aromatic carbocycles. The molecule has 0 fully saturated rings. The molecular formula is C11H14N4OS. The average molecular weight is 250 g/mol. The Labute approximate surface area is 104 Å². The van der Waals surface area contributed by atoms with Gasteiger partial charge in [0.05, 0.1) is 17.8 Å². The molecule has 0 amide bonds. The molecule has 0 aliphatic heterocycles. The second kappa shape index (κ2) is 6.39. The lowest BCUT2D eigenvalue weighted by atomic mass is 10.3. The minimum Gasteiger partial charge on any atom is -0.383 e. The first-order chi connectivity index (χ1) is 8.40. The van der Waals surface area contributed by atoms with Crippen LogP contribution in [-0.2, 0) is 11.3 Å². The fraction of sp³-hybridized carbons (Fsp3) is 0.364. The zero-order valence-corrected chi connectivity index (χ0v) is 10.4. The van der Waals surface area contributed by atoms with Gasteiger partial charge in [-0.25, -0.2) is 15.0 Å². The molecule has 2 rings (SSSR count). The summed E-state index contributed by atoms with van der Waals surface area (Å²) in [5, 5.41) is 5.18. The number of thiazole rings is 1. The molecule has 1 N–H and O–H groups in total. The Hall–Kier alpha value is -1.37. The molecule has 2 aromatic heterocycles. The summed E-state index contributed by atoms with van der Waals surface area (Å²) in [6.45, 7) is 2.22. The molecule has 0 radical (unpaired) electrons. The Morgan fingerprint density at radius 1 is 1.41 bits per heavy atom. The zero-order chi connectivity index (χ0) is 11.9. The Kier molecular flexibility index (Phi) is 4.54. The molecule has 0 saturated heterocycles. The summed E-state index contributed by atoms with van der Waals surface area (Å²) in [7, 11) is 1.69. The maximum Gasteiger partial charge on any atom is 0.179 e. The molecule has 2 aromatic rings. The first-order valence-corrected chi connectivity index (χ1v) is 6.24. The second-order valence-electron chi connectivity index (χ2n) is 3.41. The van der Waals surface area contributed by atoms with Gasteiger partial charge in [-0.2, -0.15) is 0 Å². The first-order valence-electron chi connectivity index (χ1n) is 5.30. The maximum absolute atomic E-state index is 4.96. The second-order valence-corrected chi connectivity index (χ2v) is 4.13. The molecule has 0 unspecified atom stereocenters. The van der Waals surface area contributed by atoms with Crippen molar-refractivity contribution in [1.29, 1.82) is 0 Å². The van der Waals surface area contributed by atoms with Crippen LogP contribution >= 0.6 is 11.3 Å². The number of hydrogen-bond donors (Lipinski definition) is 1. The smallest absolute Gasteiger partial charge is 0.179 e. The summed E-state index contributed by atoms with van der Waals surface area (Å²) in [6.07, 6.45) is 1.76. The maximum atomic E-state index is 4.96. The molecule has 0 atom stereocenters. The van der Waals surface area contributed by atoms with E-state index in [9.17, 15) is 0 Å². The van der Waals surface area contributed by atoms with E-state index in [2.05, 4.69) is 20.3 Å². The molecule has 0 saturated carbocycles. The standard InChI is InChI=1S/C11H14N4OS/c1-16-5-4-12-6-9-2-3-13-11(15-9)10-7-17-8-14-10/h2-3,7-8,12H,4-6H2,1H3. The van der Waals surface area contributed by atoms with Crippen LogP contribution in [0.15, 0.2) is 23.2 Å². The van der Waals surface area contributed by atoms with E-state index in [1.807, 2.05) is 11.4 Å². The van der Waals surface area contributed by atoms with Gasteiger partial charge in [-0.1, -0.05) is 0 Å². The number of nitrogens with zero attached hydrogens (tertiary/aromatic N) is 3. The normalized spacial score (nSPS) is 10.6. The van der Waals surface area contributed by atoms with Crippen molar-refractivity contribution in [2.24, 2.45) is 0 Å². The number of hydrogen-bond acceptors (Lipinski definition) is 6. The van der Waals surface area contributed by atoms with Crippen LogP contribution in [0.1, 0.15) is 5.69 Å². The highest BCUT2D eigenvalue weighted by molar-refractivity contribution is 7.07. The lowest BCUT2D eigenvalue weighted by molar-refractivity contribution is 0.199. The number of aromatic nitrogens is 3. The van der Waals surface area contributed by atoms with E-state index in [1.165, 1.54) is 0 Å². The Morgan fingerprint density at radius 3 is 3.12 bits per heavy atom. The lowest BCUT2D eigenvalue weighted by Crippen LogP contribution is -2.19. The Balaban J connectivity index is 1.97. The van der Waals surface area contributed by atoms with Gasteiger partial charge in [0.15, 0.2) is 5.82 Å². The minimum atomic E-state index is 0.678. The number of nitrogens with one attached hydrogen (secondary N) is 1. The molecule has 5 nitrogen and oxygen atoms in total. The average Bonchev–Trinajstić information content (AvgIpc) is 2.89. The largest absolute Gasteiger partial charge is 0.383 e. The molecule has 0 bridgehead atoms. The number of rotatable bonds is 6. The fourth-order valence-corrected chi connectivity index (χ4v) is 1.86. The van der Waals surface area contributed by atoms with E-state index >= 15 is 0 Å².